The first kappa shape index (κ1) is 22.4. The summed E-state index contributed by atoms with van der Waals surface area (Å²) < 4.78 is 50.0. The lowest BCUT2D eigenvalue weighted by Gasteiger charge is -2.42. The zero-order valence-electron chi connectivity index (χ0n) is 16.9. The van der Waals surface area contributed by atoms with Gasteiger partial charge in [0.25, 0.3) is 5.69 Å². The van der Waals surface area contributed by atoms with E-state index in [1.54, 1.807) is 42.5 Å². The van der Waals surface area contributed by atoms with E-state index in [1.165, 1.54) is 30.3 Å². The quantitative estimate of drug-likeness (QED) is 0.388. The van der Waals surface area contributed by atoms with Crippen molar-refractivity contribution in [3.63, 3.8) is 0 Å². The Morgan fingerprint density at radius 2 is 1.69 bits per heavy atom. The second kappa shape index (κ2) is 8.64. The van der Waals surface area contributed by atoms with E-state index >= 15 is 0 Å². The minimum absolute atomic E-state index is 0.00120. The molecule has 0 aromatic heterocycles. The summed E-state index contributed by atoms with van der Waals surface area (Å²) in [7, 11) is -7.35. The SMILES string of the molecule is O=[N+]([O-])c1ccc(CNCc2cccc3c2C(S(=O)(=O)c2ccccc2)CS3([O-])O)cc1. The molecule has 2 unspecified atom stereocenters. The summed E-state index contributed by atoms with van der Waals surface area (Å²) >= 11 is 0. The molecule has 2 atom stereocenters. The van der Waals surface area contributed by atoms with Gasteiger partial charge in [0.2, 0.25) is 0 Å². The van der Waals surface area contributed by atoms with Gasteiger partial charge in [-0.05, 0) is 34.9 Å². The Morgan fingerprint density at radius 3 is 2.34 bits per heavy atom. The first-order valence-corrected chi connectivity index (χ1v) is 13.0. The lowest BCUT2D eigenvalue weighted by Crippen LogP contribution is -2.19. The van der Waals surface area contributed by atoms with Crippen LogP contribution in [0.15, 0.2) is 82.6 Å². The number of rotatable bonds is 7. The number of nitro groups is 1. The van der Waals surface area contributed by atoms with Gasteiger partial charge in [-0.2, -0.15) is 0 Å². The van der Waals surface area contributed by atoms with Crippen LogP contribution in [0.2, 0.25) is 0 Å². The van der Waals surface area contributed by atoms with Gasteiger partial charge < -0.3 is 25.0 Å². The molecule has 1 aliphatic heterocycles. The summed E-state index contributed by atoms with van der Waals surface area (Å²) in [5.41, 5.74) is 1.83. The maximum atomic E-state index is 13.3. The molecule has 3 aromatic carbocycles. The van der Waals surface area contributed by atoms with Crippen LogP contribution >= 0.6 is 10.6 Å². The summed E-state index contributed by atoms with van der Waals surface area (Å²) in [4.78, 5) is 10.6. The smallest absolute Gasteiger partial charge is 0.269 e. The highest BCUT2D eigenvalue weighted by Gasteiger charge is 2.40. The molecule has 0 aliphatic carbocycles. The zero-order chi connectivity index (χ0) is 22.9. The van der Waals surface area contributed by atoms with Crippen molar-refractivity contribution >= 4 is 26.1 Å². The molecule has 32 heavy (non-hydrogen) atoms. The fraction of sp³-hybridized carbons (Fsp3) is 0.182. The fourth-order valence-electron chi connectivity index (χ4n) is 3.86. The first-order chi connectivity index (χ1) is 15.2. The average Bonchev–Trinajstić information content (AvgIpc) is 3.07. The lowest BCUT2D eigenvalue weighted by molar-refractivity contribution is -0.384. The second-order valence-electron chi connectivity index (χ2n) is 7.51. The van der Waals surface area contributed by atoms with Gasteiger partial charge in [-0.3, -0.25) is 10.1 Å². The van der Waals surface area contributed by atoms with Crippen LogP contribution in [0.1, 0.15) is 21.9 Å². The molecule has 4 rings (SSSR count). The Labute approximate surface area is 187 Å². The number of nitro benzene ring substituents is 1. The van der Waals surface area contributed by atoms with Crippen LogP contribution in [0, 0.1) is 10.1 Å². The molecule has 1 aliphatic rings. The van der Waals surface area contributed by atoms with Crippen molar-refractivity contribution in [3.8, 4) is 0 Å². The molecule has 0 saturated carbocycles. The summed E-state index contributed by atoms with van der Waals surface area (Å²) in [5.74, 6) is -0.376. The highest BCUT2D eigenvalue weighted by Crippen LogP contribution is 2.61. The molecule has 0 saturated heterocycles. The number of hydrogen-bond acceptors (Lipinski definition) is 7. The fourth-order valence-corrected chi connectivity index (χ4v) is 8.32. The van der Waals surface area contributed by atoms with Crippen molar-refractivity contribution in [3.05, 3.63) is 99.6 Å². The van der Waals surface area contributed by atoms with Crippen molar-refractivity contribution < 1.29 is 22.4 Å². The number of benzene rings is 3. The third kappa shape index (κ3) is 4.27. The predicted molar refractivity (Wildman–Crippen MR) is 121 cm³/mol. The third-order valence-corrected chi connectivity index (χ3v) is 9.56. The molecule has 1 heterocycles. The van der Waals surface area contributed by atoms with Crippen LogP contribution in [0.3, 0.4) is 0 Å². The van der Waals surface area contributed by atoms with Crippen molar-refractivity contribution in [2.24, 2.45) is 0 Å². The van der Waals surface area contributed by atoms with Crippen LogP contribution < -0.4 is 5.32 Å². The number of fused-ring (bicyclic) bond motifs is 1. The Bertz CT molecular complexity index is 1250. The zero-order valence-corrected chi connectivity index (χ0v) is 18.5. The van der Waals surface area contributed by atoms with E-state index in [0.717, 1.165) is 5.56 Å². The van der Waals surface area contributed by atoms with E-state index in [9.17, 15) is 27.6 Å². The van der Waals surface area contributed by atoms with Gasteiger partial charge in [0.1, 0.15) is 5.25 Å². The van der Waals surface area contributed by atoms with E-state index < -0.39 is 30.6 Å². The Morgan fingerprint density at radius 1 is 1.00 bits per heavy atom. The van der Waals surface area contributed by atoms with E-state index in [-0.39, 0.29) is 27.8 Å². The van der Waals surface area contributed by atoms with E-state index in [1.807, 2.05) is 0 Å². The molecule has 3 aromatic rings. The highest BCUT2D eigenvalue weighted by atomic mass is 32.3. The van der Waals surface area contributed by atoms with Gasteiger partial charge in [-0.15, -0.1) is 0 Å². The van der Waals surface area contributed by atoms with Crippen LogP contribution in [0.4, 0.5) is 5.69 Å². The summed E-state index contributed by atoms with van der Waals surface area (Å²) in [6.45, 7) is 0.669. The predicted octanol–water partition coefficient (Wildman–Crippen LogP) is 4.18. The molecule has 0 bridgehead atoms. The topological polar surface area (TPSA) is 133 Å². The molecule has 0 spiro atoms. The lowest BCUT2D eigenvalue weighted by atomic mass is 10.0. The number of non-ortho nitro benzene ring substituents is 1. The molecule has 168 valence electrons. The highest BCUT2D eigenvalue weighted by molar-refractivity contribution is 8.25. The Hall–Kier alpha value is -2.76. The Balaban J connectivity index is 1.60. The second-order valence-corrected chi connectivity index (χ2v) is 11.7. The molecule has 10 heteroatoms. The normalized spacial score (nSPS) is 22.1. The number of nitrogens with zero attached hydrogens (tertiary/aromatic N) is 1. The van der Waals surface area contributed by atoms with Gasteiger partial charge in [-0.25, -0.2) is 8.42 Å². The van der Waals surface area contributed by atoms with Gasteiger partial charge in [-0.1, -0.05) is 42.5 Å². The van der Waals surface area contributed by atoms with Crippen LogP contribution in [0.5, 0.6) is 0 Å². The molecule has 0 amide bonds. The maximum Gasteiger partial charge on any atom is 0.269 e. The average molecular weight is 474 g/mol. The minimum atomic E-state index is -3.87. The van der Waals surface area contributed by atoms with Crippen LogP contribution in [0.25, 0.3) is 0 Å². The van der Waals surface area contributed by atoms with Crippen molar-refractivity contribution in [2.45, 2.75) is 28.1 Å². The van der Waals surface area contributed by atoms with Crippen molar-refractivity contribution in [2.75, 3.05) is 5.75 Å². The van der Waals surface area contributed by atoms with E-state index in [2.05, 4.69) is 5.32 Å². The van der Waals surface area contributed by atoms with Crippen molar-refractivity contribution in [1.29, 1.82) is 0 Å². The molecule has 2 N–H and O–H groups in total. The summed E-state index contributed by atoms with van der Waals surface area (Å²) in [5, 5.41) is 12.9. The monoisotopic (exact) mass is 473 g/mol. The number of hydrogen-bond donors (Lipinski definition) is 2. The van der Waals surface area contributed by atoms with Gasteiger partial charge in [0.15, 0.2) is 9.84 Å². The third-order valence-electron chi connectivity index (χ3n) is 5.44. The minimum Gasteiger partial charge on any atom is -0.764 e. The number of sulfone groups is 1. The molecular weight excluding hydrogens is 452 g/mol. The molecule has 0 fully saturated rings. The molecule has 0 radical (unpaired) electrons. The molecule has 8 nitrogen and oxygen atoms in total. The Kier molecular flexibility index (Phi) is 6.06. The summed E-state index contributed by atoms with van der Waals surface area (Å²) in [6.07, 6.45) is 0. The van der Waals surface area contributed by atoms with Crippen molar-refractivity contribution in [1.82, 2.24) is 5.32 Å². The van der Waals surface area contributed by atoms with E-state index in [0.29, 0.717) is 17.7 Å². The van der Waals surface area contributed by atoms with Gasteiger partial charge in [0, 0.05) is 35.9 Å². The number of nitrogens with one attached hydrogen (secondary N) is 1. The van der Waals surface area contributed by atoms with Gasteiger partial charge >= 0.3 is 0 Å². The molecular formula is C22H21N2O6S2-. The van der Waals surface area contributed by atoms with Gasteiger partial charge in [0.05, 0.1) is 9.82 Å². The van der Waals surface area contributed by atoms with Crippen LogP contribution in [-0.4, -0.2) is 28.2 Å². The maximum absolute atomic E-state index is 13.3. The first-order valence-electron chi connectivity index (χ1n) is 9.79. The standard InChI is InChI=1S/C22H22N2O6S2/c25-24(26)18-11-9-16(10-12-18)13-23-14-17-5-4-8-20-22(17)21(15-31(20,27)28)32(29,30)19-6-2-1-3-7-19/h1-12,21,23,27-28H,13-15H2/p-1. The summed E-state index contributed by atoms with van der Waals surface area (Å²) in [6, 6.07) is 19.0. The largest absolute Gasteiger partial charge is 0.764 e. The van der Waals surface area contributed by atoms with E-state index in [4.69, 9.17) is 0 Å². The van der Waals surface area contributed by atoms with Crippen LogP contribution in [-0.2, 0) is 22.9 Å².